The quantitative estimate of drug-likeness (QED) is 0.674. The van der Waals surface area contributed by atoms with E-state index >= 15 is 0 Å². The normalized spacial score (nSPS) is 11.7. The second kappa shape index (κ2) is 6.91. The van der Waals surface area contributed by atoms with Crippen molar-refractivity contribution in [3.05, 3.63) is 60.2 Å². The van der Waals surface area contributed by atoms with Gasteiger partial charge in [0.1, 0.15) is 6.29 Å². The zero-order valence-electron chi connectivity index (χ0n) is 11.1. The maximum Gasteiger partial charge on any atom is 0.237 e. The summed E-state index contributed by atoms with van der Waals surface area (Å²) in [5, 5.41) is 2.62. The molecule has 0 aliphatic rings. The first kappa shape index (κ1) is 14.3. The number of benzene rings is 2. The van der Waals surface area contributed by atoms with Gasteiger partial charge in [-0.15, -0.1) is 11.8 Å². The maximum absolute atomic E-state index is 12.1. The van der Waals surface area contributed by atoms with E-state index in [0.717, 1.165) is 16.9 Å². The summed E-state index contributed by atoms with van der Waals surface area (Å²) in [5.41, 5.74) is 1.40. The van der Waals surface area contributed by atoms with Gasteiger partial charge in [0.2, 0.25) is 5.91 Å². The van der Waals surface area contributed by atoms with Gasteiger partial charge in [0.15, 0.2) is 0 Å². The molecule has 2 rings (SSSR count). The number of carbonyl (C=O) groups excluding carboxylic acids is 2. The summed E-state index contributed by atoms with van der Waals surface area (Å²) in [5.74, 6) is -0.0577. The third-order valence-corrected chi connectivity index (χ3v) is 3.81. The molecule has 0 aliphatic heterocycles. The van der Waals surface area contributed by atoms with Crippen molar-refractivity contribution in [3.8, 4) is 0 Å². The number of para-hydroxylation sites is 1. The largest absolute Gasteiger partial charge is 0.325 e. The van der Waals surface area contributed by atoms with Gasteiger partial charge in [-0.05, 0) is 31.2 Å². The number of nitrogens with one attached hydrogen (secondary N) is 1. The number of amides is 1. The van der Waals surface area contributed by atoms with E-state index in [2.05, 4.69) is 5.32 Å². The predicted molar refractivity (Wildman–Crippen MR) is 82.2 cm³/mol. The first-order valence-corrected chi connectivity index (χ1v) is 7.15. The van der Waals surface area contributed by atoms with E-state index < -0.39 is 0 Å². The second-order valence-corrected chi connectivity index (χ2v) is 5.72. The molecule has 3 nitrogen and oxygen atoms in total. The zero-order valence-corrected chi connectivity index (χ0v) is 11.9. The highest BCUT2D eigenvalue weighted by Gasteiger charge is 2.14. The van der Waals surface area contributed by atoms with Crippen molar-refractivity contribution in [3.63, 3.8) is 0 Å². The molecule has 102 valence electrons. The van der Waals surface area contributed by atoms with Gasteiger partial charge in [0, 0.05) is 16.1 Å². The van der Waals surface area contributed by atoms with E-state index in [0.29, 0.717) is 5.56 Å². The number of anilines is 1. The molecule has 0 fully saturated rings. The van der Waals surface area contributed by atoms with Gasteiger partial charge in [-0.25, -0.2) is 0 Å². The van der Waals surface area contributed by atoms with E-state index in [9.17, 15) is 9.59 Å². The Morgan fingerprint density at radius 3 is 2.60 bits per heavy atom. The number of hydrogen-bond acceptors (Lipinski definition) is 3. The van der Waals surface area contributed by atoms with Crippen molar-refractivity contribution in [2.45, 2.75) is 17.1 Å². The Hall–Kier alpha value is -2.07. The van der Waals surface area contributed by atoms with Crippen LogP contribution in [0.4, 0.5) is 5.69 Å². The summed E-state index contributed by atoms with van der Waals surface area (Å²) < 4.78 is 0. The number of hydrogen-bond donors (Lipinski definition) is 1. The highest BCUT2D eigenvalue weighted by molar-refractivity contribution is 8.00. The lowest BCUT2D eigenvalue weighted by molar-refractivity contribution is -0.115. The first-order valence-electron chi connectivity index (χ1n) is 6.27. The molecule has 0 aliphatic carbocycles. The van der Waals surface area contributed by atoms with Crippen molar-refractivity contribution in [2.75, 3.05) is 5.32 Å². The van der Waals surface area contributed by atoms with Gasteiger partial charge in [0.05, 0.1) is 5.25 Å². The molecule has 0 saturated heterocycles. The SMILES string of the molecule is CC(Sc1cccc(C=O)c1)C(=O)Nc1ccccc1. The molecular weight excluding hydrogens is 270 g/mol. The molecule has 4 heteroatoms. The van der Waals surface area contributed by atoms with Crippen LogP contribution in [0.15, 0.2) is 59.5 Å². The van der Waals surface area contributed by atoms with E-state index in [1.54, 1.807) is 12.1 Å². The minimum absolute atomic E-state index is 0.0577. The Kier molecular flexibility index (Phi) is 4.96. The smallest absolute Gasteiger partial charge is 0.237 e. The number of rotatable bonds is 5. The molecule has 0 saturated carbocycles. The number of carbonyl (C=O) groups is 2. The Bertz CT molecular complexity index is 598. The van der Waals surface area contributed by atoms with Crippen LogP contribution in [0.25, 0.3) is 0 Å². The molecule has 2 aromatic carbocycles. The summed E-state index contributed by atoms with van der Waals surface area (Å²) in [6.07, 6.45) is 0.804. The highest BCUT2D eigenvalue weighted by Crippen LogP contribution is 2.24. The van der Waals surface area contributed by atoms with Crippen LogP contribution in [0.5, 0.6) is 0 Å². The fraction of sp³-hybridized carbons (Fsp3) is 0.125. The minimum Gasteiger partial charge on any atom is -0.325 e. The van der Waals surface area contributed by atoms with Gasteiger partial charge in [0.25, 0.3) is 0 Å². The van der Waals surface area contributed by atoms with Crippen LogP contribution >= 0.6 is 11.8 Å². The summed E-state index contributed by atoms with van der Waals surface area (Å²) in [7, 11) is 0. The standard InChI is InChI=1S/C16H15NO2S/c1-12(16(19)17-14-7-3-2-4-8-14)20-15-9-5-6-13(10-15)11-18/h2-12H,1H3,(H,17,19). The van der Waals surface area contributed by atoms with E-state index in [1.165, 1.54) is 11.8 Å². The predicted octanol–water partition coefficient (Wildman–Crippen LogP) is 3.62. The molecule has 0 radical (unpaired) electrons. The van der Waals surface area contributed by atoms with Gasteiger partial charge in [-0.2, -0.15) is 0 Å². The van der Waals surface area contributed by atoms with Gasteiger partial charge < -0.3 is 5.32 Å². The lowest BCUT2D eigenvalue weighted by Crippen LogP contribution is -2.22. The summed E-state index contributed by atoms with van der Waals surface area (Å²) in [6.45, 7) is 1.84. The summed E-state index contributed by atoms with van der Waals surface area (Å²) in [4.78, 5) is 23.7. The van der Waals surface area contributed by atoms with Crippen LogP contribution in [-0.4, -0.2) is 17.4 Å². The minimum atomic E-state index is -0.239. The van der Waals surface area contributed by atoms with Gasteiger partial charge in [-0.3, -0.25) is 9.59 Å². The molecular formula is C16H15NO2S. The average molecular weight is 285 g/mol. The maximum atomic E-state index is 12.1. The third-order valence-electron chi connectivity index (χ3n) is 2.72. The molecule has 1 amide bonds. The van der Waals surface area contributed by atoms with Crippen LogP contribution in [0, 0.1) is 0 Å². The summed E-state index contributed by atoms with van der Waals surface area (Å²) in [6, 6.07) is 16.6. The Labute approximate surface area is 122 Å². The number of thioether (sulfide) groups is 1. The van der Waals surface area contributed by atoms with Crippen LogP contribution < -0.4 is 5.32 Å². The fourth-order valence-electron chi connectivity index (χ4n) is 1.68. The van der Waals surface area contributed by atoms with Crippen molar-refractivity contribution in [1.82, 2.24) is 0 Å². The third kappa shape index (κ3) is 3.96. The second-order valence-electron chi connectivity index (χ2n) is 4.31. The summed E-state index contributed by atoms with van der Waals surface area (Å²) >= 11 is 1.43. The highest BCUT2D eigenvalue weighted by atomic mass is 32.2. The van der Waals surface area contributed by atoms with Crippen molar-refractivity contribution < 1.29 is 9.59 Å². The fourth-order valence-corrected chi connectivity index (χ4v) is 2.62. The van der Waals surface area contributed by atoms with Crippen LogP contribution in [-0.2, 0) is 4.79 Å². The van der Waals surface area contributed by atoms with E-state index in [-0.39, 0.29) is 11.2 Å². The Balaban J connectivity index is 1.98. The van der Waals surface area contributed by atoms with Crippen LogP contribution in [0.2, 0.25) is 0 Å². The Morgan fingerprint density at radius 2 is 1.90 bits per heavy atom. The Morgan fingerprint density at radius 1 is 1.15 bits per heavy atom. The molecule has 0 heterocycles. The average Bonchev–Trinajstić information content (AvgIpc) is 2.48. The lowest BCUT2D eigenvalue weighted by atomic mass is 10.2. The molecule has 20 heavy (non-hydrogen) atoms. The van der Waals surface area contributed by atoms with E-state index in [4.69, 9.17) is 0 Å². The molecule has 1 unspecified atom stereocenters. The van der Waals surface area contributed by atoms with Crippen LogP contribution in [0.1, 0.15) is 17.3 Å². The molecule has 2 aromatic rings. The van der Waals surface area contributed by atoms with E-state index in [1.807, 2.05) is 49.4 Å². The molecule has 0 bridgehead atoms. The first-order chi connectivity index (χ1) is 9.69. The van der Waals surface area contributed by atoms with Gasteiger partial charge >= 0.3 is 0 Å². The van der Waals surface area contributed by atoms with Crippen LogP contribution in [0.3, 0.4) is 0 Å². The topological polar surface area (TPSA) is 46.2 Å². The van der Waals surface area contributed by atoms with Gasteiger partial charge in [-0.1, -0.05) is 30.3 Å². The van der Waals surface area contributed by atoms with Crippen molar-refractivity contribution in [1.29, 1.82) is 0 Å². The zero-order chi connectivity index (χ0) is 14.4. The molecule has 0 aromatic heterocycles. The molecule has 0 spiro atoms. The molecule has 1 atom stereocenters. The van der Waals surface area contributed by atoms with Crippen molar-refractivity contribution in [2.24, 2.45) is 0 Å². The van der Waals surface area contributed by atoms with Crippen molar-refractivity contribution >= 4 is 29.6 Å². The lowest BCUT2D eigenvalue weighted by Gasteiger charge is -2.12. The number of aldehydes is 1. The molecule has 1 N–H and O–H groups in total. The monoisotopic (exact) mass is 285 g/mol.